The Bertz CT molecular complexity index is 740. The average molecular weight is 285 g/mol. The molecule has 0 radical (unpaired) electrons. The van der Waals surface area contributed by atoms with Crippen LogP contribution in [-0.4, -0.2) is 27.5 Å². The van der Waals surface area contributed by atoms with E-state index in [2.05, 4.69) is 22.1 Å². The van der Waals surface area contributed by atoms with E-state index < -0.39 is 10.8 Å². The van der Waals surface area contributed by atoms with E-state index in [1.807, 2.05) is 0 Å². The summed E-state index contributed by atoms with van der Waals surface area (Å²) in [5.41, 5.74) is 0.891. The molecule has 1 amide bonds. The zero-order chi connectivity index (χ0) is 15.2. The van der Waals surface area contributed by atoms with Crippen LogP contribution in [0.1, 0.15) is 16.1 Å². The molecular weight excluding hydrogens is 274 g/mol. The third-order valence-electron chi connectivity index (χ3n) is 2.60. The van der Waals surface area contributed by atoms with Gasteiger partial charge in [-0.3, -0.25) is 14.9 Å². The van der Waals surface area contributed by atoms with E-state index in [1.54, 1.807) is 24.3 Å². The number of hydrogen-bond donors (Lipinski definition) is 3. The van der Waals surface area contributed by atoms with Crippen LogP contribution in [0.15, 0.2) is 36.5 Å². The molecule has 0 atom stereocenters. The standard InChI is InChI=1S/C14H11N3O4/c18-7-3-5-10-4-1-2-6-12(10)16-14(19)13-8-11(9-15-13)17(20)21/h1-2,4,6,8-9,15,18H,7H2,(H,16,19). The molecule has 7 heteroatoms. The third-order valence-corrected chi connectivity index (χ3v) is 2.60. The molecule has 0 unspecified atom stereocenters. The summed E-state index contributed by atoms with van der Waals surface area (Å²) in [5, 5.41) is 21.9. The number of nitrogens with one attached hydrogen (secondary N) is 2. The molecule has 2 aromatic rings. The van der Waals surface area contributed by atoms with E-state index in [0.29, 0.717) is 11.3 Å². The van der Waals surface area contributed by atoms with Gasteiger partial charge in [0.05, 0.1) is 16.8 Å². The van der Waals surface area contributed by atoms with Crippen molar-refractivity contribution in [3.05, 3.63) is 57.9 Å². The molecule has 1 aromatic carbocycles. The maximum absolute atomic E-state index is 12.0. The summed E-state index contributed by atoms with van der Waals surface area (Å²) in [7, 11) is 0. The fraction of sp³-hybridized carbons (Fsp3) is 0.0714. The molecule has 0 spiro atoms. The maximum Gasteiger partial charge on any atom is 0.287 e. The number of aromatic nitrogens is 1. The number of aliphatic hydroxyl groups is 1. The smallest absolute Gasteiger partial charge is 0.287 e. The van der Waals surface area contributed by atoms with Gasteiger partial charge < -0.3 is 15.4 Å². The topological polar surface area (TPSA) is 108 Å². The van der Waals surface area contributed by atoms with Crippen LogP contribution in [-0.2, 0) is 0 Å². The maximum atomic E-state index is 12.0. The molecule has 0 aliphatic carbocycles. The fourth-order valence-corrected chi connectivity index (χ4v) is 1.64. The quantitative estimate of drug-likeness (QED) is 0.451. The highest BCUT2D eigenvalue weighted by molar-refractivity contribution is 6.04. The third kappa shape index (κ3) is 3.46. The first kappa shape index (κ1) is 14.3. The molecule has 7 nitrogen and oxygen atoms in total. The van der Waals surface area contributed by atoms with Gasteiger partial charge in [0, 0.05) is 11.6 Å². The van der Waals surface area contributed by atoms with Crippen molar-refractivity contribution in [2.75, 3.05) is 11.9 Å². The Morgan fingerprint density at radius 2 is 2.19 bits per heavy atom. The van der Waals surface area contributed by atoms with Crippen LogP contribution in [0.4, 0.5) is 11.4 Å². The Morgan fingerprint density at radius 1 is 1.43 bits per heavy atom. The summed E-state index contributed by atoms with van der Waals surface area (Å²) in [4.78, 5) is 24.5. The van der Waals surface area contributed by atoms with Gasteiger partial charge in [-0.2, -0.15) is 0 Å². The Kier molecular flexibility index (Phi) is 4.33. The van der Waals surface area contributed by atoms with Crippen molar-refractivity contribution in [2.24, 2.45) is 0 Å². The van der Waals surface area contributed by atoms with E-state index >= 15 is 0 Å². The molecule has 0 bridgehead atoms. The highest BCUT2D eigenvalue weighted by atomic mass is 16.6. The summed E-state index contributed by atoms with van der Waals surface area (Å²) >= 11 is 0. The van der Waals surface area contributed by atoms with Crippen LogP contribution in [0, 0.1) is 22.0 Å². The fourth-order valence-electron chi connectivity index (χ4n) is 1.64. The number of H-pyrrole nitrogens is 1. The highest BCUT2D eigenvalue weighted by Gasteiger charge is 2.15. The molecule has 1 aromatic heterocycles. The summed E-state index contributed by atoms with van der Waals surface area (Å²) in [6, 6.07) is 7.96. The molecular formula is C14H11N3O4. The molecule has 2 rings (SSSR count). The van der Waals surface area contributed by atoms with Gasteiger partial charge in [0.25, 0.3) is 11.6 Å². The van der Waals surface area contributed by atoms with E-state index in [-0.39, 0.29) is 18.0 Å². The minimum Gasteiger partial charge on any atom is -0.384 e. The van der Waals surface area contributed by atoms with Gasteiger partial charge >= 0.3 is 0 Å². The first-order valence-corrected chi connectivity index (χ1v) is 5.94. The first-order chi connectivity index (χ1) is 10.1. The molecule has 3 N–H and O–H groups in total. The summed E-state index contributed by atoms with van der Waals surface area (Å²) in [6.07, 6.45) is 1.15. The number of para-hydroxylation sites is 1. The number of aliphatic hydroxyl groups excluding tert-OH is 1. The zero-order valence-electron chi connectivity index (χ0n) is 10.8. The Hall–Kier alpha value is -3.11. The number of carbonyl (C=O) groups is 1. The van der Waals surface area contributed by atoms with Gasteiger partial charge in [-0.25, -0.2) is 0 Å². The van der Waals surface area contributed by atoms with Crippen molar-refractivity contribution in [1.29, 1.82) is 0 Å². The lowest BCUT2D eigenvalue weighted by Gasteiger charge is -2.05. The molecule has 0 saturated heterocycles. The number of amides is 1. The largest absolute Gasteiger partial charge is 0.384 e. The lowest BCUT2D eigenvalue weighted by Crippen LogP contribution is -2.13. The minimum absolute atomic E-state index is 0.0756. The second kappa shape index (κ2) is 6.36. The lowest BCUT2D eigenvalue weighted by molar-refractivity contribution is -0.384. The molecule has 0 aliphatic rings. The molecule has 1 heterocycles. The number of anilines is 1. The predicted molar refractivity (Wildman–Crippen MR) is 75.8 cm³/mol. The summed E-state index contributed by atoms with van der Waals surface area (Å²) in [6.45, 7) is -0.287. The predicted octanol–water partition coefficient (Wildman–Crippen LogP) is 1.52. The summed E-state index contributed by atoms with van der Waals surface area (Å²) < 4.78 is 0. The van der Waals surface area contributed by atoms with Gasteiger partial charge in [-0.1, -0.05) is 24.0 Å². The number of carbonyl (C=O) groups excluding carboxylic acids is 1. The van der Waals surface area contributed by atoms with Crippen molar-refractivity contribution < 1.29 is 14.8 Å². The number of nitro groups is 1. The first-order valence-electron chi connectivity index (χ1n) is 5.94. The second-order valence-corrected chi connectivity index (χ2v) is 3.99. The van der Waals surface area contributed by atoms with Crippen molar-refractivity contribution in [3.63, 3.8) is 0 Å². The highest BCUT2D eigenvalue weighted by Crippen LogP contribution is 2.17. The van der Waals surface area contributed by atoms with E-state index in [9.17, 15) is 14.9 Å². The van der Waals surface area contributed by atoms with Gasteiger partial charge in [-0.15, -0.1) is 0 Å². The Labute approximate surface area is 119 Å². The van der Waals surface area contributed by atoms with Crippen molar-refractivity contribution >= 4 is 17.3 Å². The minimum atomic E-state index is -0.589. The van der Waals surface area contributed by atoms with Crippen LogP contribution in [0.2, 0.25) is 0 Å². The van der Waals surface area contributed by atoms with E-state index in [4.69, 9.17) is 5.11 Å². The molecule has 0 aliphatic heterocycles. The summed E-state index contributed by atoms with van der Waals surface area (Å²) in [5.74, 6) is 4.69. The van der Waals surface area contributed by atoms with Crippen molar-refractivity contribution in [3.8, 4) is 11.8 Å². The van der Waals surface area contributed by atoms with Gasteiger partial charge in [0.15, 0.2) is 0 Å². The van der Waals surface area contributed by atoms with E-state index in [1.165, 1.54) is 0 Å². The van der Waals surface area contributed by atoms with Crippen LogP contribution in [0.5, 0.6) is 0 Å². The molecule has 0 saturated carbocycles. The van der Waals surface area contributed by atoms with Crippen LogP contribution < -0.4 is 5.32 Å². The van der Waals surface area contributed by atoms with Gasteiger partial charge in [0.1, 0.15) is 12.3 Å². The number of aromatic amines is 1. The van der Waals surface area contributed by atoms with Gasteiger partial charge in [-0.05, 0) is 12.1 Å². The normalized spacial score (nSPS) is 9.57. The van der Waals surface area contributed by atoms with Crippen LogP contribution in [0.25, 0.3) is 0 Å². The Balaban J connectivity index is 2.21. The van der Waals surface area contributed by atoms with Crippen LogP contribution in [0.3, 0.4) is 0 Å². The zero-order valence-corrected chi connectivity index (χ0v) is 10.8. The molecule has 21 heavy (non-hydrogen) atoms. The number of nitrogens with zero attached hydrogens (tertiary/aromatic N) is 1. The lowest BCUT2D eigenvalue weighted by atomic mass is 10.2. The van der Waals surface area contributed by atoms with Gasteiger partial charge in [0.2, 0.25) is 0 Å². The second-order valence-electron chi connectivity index (χ2n) is 3.99. The van der Waals surface area contributed by atoms with Crippen LogP contribution >= 0.6 is 0 Å². The number of rotatable bonds is 3. The van der Waals surface area contributed by atoms with Crippen molar-refractivity contribution in [2.45, 2.75) is 0 Å². The molecule has 0 fully saturated rings. The number of hydrogen-bond acceptors (Lipinski definition) is 4. The van der Waals surface area contributed by atoms with E-state index in [0.717, 1.165) is 12.3 Å². The number of benzene rings is 1. The Morgan fingerprint density at radius 3 is 2.86 bits per heavy atom. The monoisotopic (exact) mass is 285 g/mol. The van der Waals surface area contributed by atoms with Crippen molar-refractivity contribution in [1.82, 2.24) is 4.98 Å². The molecule has 106 valence electrons. The SMILES string of the molecule is O=C(Nc1ccccc1C#CCO)c1cc([N+](=O)[O-])c[nH]1. The average Bonchev–Trinajstić information content (AvgIpc) is 2.96.